The summed E-state index contributed by atoms with van der Waals surface area (Å²) < 4.78 is 10.2. The van der Waals surface area contributed by atoms with Crippen LogP contribution in [0.4, 0.5) is 4.79 Å². The van der Waals surface area contributed by atoms with Crippen LogP contribution < -0.4 is 11.1 Å². The van der Waals surface area contributed by atoms with Crippen LogP contribution >= 0.6 is 0 Å². The molecule has 0 rings (SSSR count). The lowest BCUT2D eigenvalue weighted by Gasteiger charge is -2.21. The van der Waals surface area contributed by atoms with E-state index in [0.717, 1.165) is 0 Å². The van der Waals surface area contributed by atoms with E-state index in [0.29, 0.717) is 38.5 Å². The number of carbonyl (C=O) groups excluding carboxylic acids is 2. The lowest BCUT2D eigenvalue weighted by molar-refractivity contribution is -0.145. The van der Waals surface area contributed by atoms with Crippen LogP contribution in [0, 0.1) is 11.8 Å². The van der Waals surface area contributed by atoms with Gasteiger partial charge in [-0.1, -0.05) is 13.8 Å². The highest BCUT2D eigenvalue weighted by Gasteiger charge is 2.17. The van der Waals surface area contributed by atoms with E-state index < -0.39 is 11.7 Å². The number of ether oxygens (including phenoxy) is 2. The van der Waals surface area contributed by atoms with Gasteiger partial charge in [0.25, 0.3) is 0 Å². The van der Waals surface area contributed by atoms with E-state index >= 15 is 0 Å². The first-order valence-electron chi connectivity index (χ1n) is 7.46. The lowest BCUT2D eigenvalue weighted by Crippen LogP contribution is -2.37. The monoisotopic (exact) mass is 302 g/mol. The normalized spacial score (nSPS) is 12.9. The topological polar surface area (TPSA) is 90.6 Å². The van der Waals surface area contributed by atoms with E-state index in [9.17, 15) is 9.59 Å². The molecule has 1 unspecified atom stereocenters. The molecule has 0 heterocycles. The maximum Gasteiger partial charge on any atom is 0.407 e. The summed E-state index contributed by atoms with van der Waals surface area (Å²) in [6.07, 6.45) is 0.428. The molecule has 124 valence electrons. The number of esters is 1. The first-order valence-corrected chi connectivity index (χ1v) is 7.46. The second-order valence-corrected chi connectivity index (χ2v) is 6.60. The van der Waals surface area contributed by atoms with Gasteiger partial charge < -0.3 is 20.5 Å². The fourth-order valence-electron chi connectivity index (χ4n) is 1.50. The van der Waals surface area contributed by atoms with Crippen LogP contribution in [0.1, 0.15) is 47.5 Å². The third-order valence-corrected chi connectivity index (χ3v) is 2.60. The van der Waals surface area contributed by atoms with Crippen LogP contribution in [0.15, 0.2) is 0 Å². The predicted octanol–water partition coefficient (Wildman–Crippen LogP) is 2.07. The Morgan fingerprint density at radius 2 is 1.86 bits per heavy atom. The third kappa shape index (κ3) is 12.2. The number of nitrogens with two attached hydrogens (primary N) is 1. The van der Waals surface area contributed by atoms with Gasteiger partial charge in [0, 0.05) is 13.0 Å². The van der Waals surface area contributed by atoms with E-state index in [4.69, 9.17) is 15.2 Å². The SMILES string of the molecule is CC(C)COC(=O)CCC(CN)CNC(=O)OC(C)(C)C. The third-order valence-electron chi connectivity index (χ3n) is 2.60. The van der Waals surface area contributed by atoms with Crippen molar-refractivity contribution in [2.24, 2.45) is 17.6 Å². The molecule has 0 aliphatic rings. The van der Waals surface area contributed by atoms with Gasteiger partial charge >= 0.3 is 12.1 Å². The maximum atomic E-state index is 11.5. The van der Waals surface area contributed by atoms with Gasteiger partial charge in [0.1, 0.15) is 5.60 Å². The summed E-state index contributed by atoms with van der Waals surface area (Å²) in [5.74, 6) is 0.136. The van der Waals surface area contributed by atoms with Gasteiger partial charge in [0.2, 0.25) is 0 Å². The summed E-state index contributed by atoms with van der Waals surface area (Å²) in [4.78, 5) is 23.0. The van der Waals surface area contributed by atoms with E-state index in [1.165, 1.54) is 0 Å². The summed E-state index contributed by atoms with van der Waals surface area (Å²) in [5, 5.41) is 2.67. The molecule has 0 aromatic rings. The molecule has 0 spiro atoms. The molecule has 0 radical (unpaired) electrons. The second-order valence-electron chi connectivity index (χ2n) is 6.60. The summed E-state index contributed by atoms with van der Waals surface area (Å²) in [6, 6.07) is 0. The lowest BCUT2D eigenvalue weighted by atomic mass is 10.0. The zero-order valence-electron chi connectivity index (χ0n) is 13.9. The second kappa shape index (κ2) is 9.60. The first kappa shape index (κ1) is 19.7. The standard InChI is InChI=1S/C15H30N2O4/c1-11(2)10-20-13(18)7-6-12(8-16)9-17-14(19)21-15(3,4)5/h11-12H,6-10,16H2,1-5H3,(H,17,19). The number of hydrogen-bond donors (Lipinski definition) is 2. The Morgan fingerprint density at radius 1 is 1.24 bits per heavy atom. The Balaban J connectivity index is 3.95. The molecule has 21 heavy (non-hydrogen) atoms. The van der Waals surface area contributed by atoms with Crippen LogP contribution in [-0.2, 0) is 14.3 Å². The Morgan fingerprint density at radius 3 is 2.33 bits per heavy atom. The molecule has 0 bridgehead atoms. The van der Waals surface area contributed by atoms with Crippen LogP contribution in [0.5, 0.6) is 0 Å². The number of hydrogen-bond acceptors (Lipinski definition) is 5. The Labute approximate surface area is 127 Å². The molecule has 1 amide bonds. The predicted molar refractivity (Wildman–Crippen MR) is 81.8 cm³/mol. The van der Waals surface area contributed by atoms with Gasteiger partial charge in [-0.3, -0.25) is 4.79 Å². The molecule has 0 fully saturated rings. The highest BCUT2D eigenvalue weighted by atomic mass is 16.6. The highest BCUT2D eigenvalue weighted by Crippen LogP contribution is 2.08. The zero-order valence-corrected chi connectivity index (χ0v) is 13.9. The van der Waals surface area contributed by atoms with Crippen molar-refractivity contribution in [2.75, 3.05) is 19.7 Å². The molecular formula is C15H30N2O4. The molecular weight excluding hydrogens is 272 g/mol. The average Bonchev–Trinajstić information content (AvgIpc) is 2.34. The first-order chi connectivity index (χ1) is 9.64. The molecule has 0 aromatic heterocycles. The summed E-state index contributed by atoms with van der Waals surface area (Å²) >= 11 is 0. The number of amides is 1. The van der Waals surface area contributed by atoms with Crippen LogP contribution in [0.2, 0.25) is 0 Å². The molecule has 0 aromatic carbocycles. The molecule has 0 aliphatic heterocycles. The molecule has 0 saturated heterocycles. The molecule has 6 nitrogen and oxygen atoms in total. The maximum absolute atomic E-state index is 11.5. The van der Waals surface area contributed by atoms with Gasteiger partial charge in [-0.15, -0.1) is 0 Å². The van der Waals surface area contributed by atoms with E-state index in [1.54, 1.807) is 20.8 Å². The van der Waals surface area contributed by atoms with Crippen LogP contribution in [0.3, 0.4) is 0 Å². The molecule has 0 aliphatic carbocycles. The van der Waals surface area contributed by atoms with E-state index in [-0.39, 0.29) is 11.9 Å². The Kier molecular flexibility index (Phi) is 9.01. The van der Waals surface area contributed by atoms with Crippen molar-refractivity contribution < 1.29 is 19.1 Å². The van der Waals surface area contributed by atoms with Gasteiger partial charge in [-0.05, 0) is 45.6 Å². The quantitative estimate of drug-likeness (QED) is 0.670. The molecule has 0 saturated carbocycles. The molecule has 1 atom stereocenters. The van der Waals surface area contributed by atoms with Crippen molar-refractivity contribution in [1.29, 1.82) is 0 Å². The summed E-state index contributed by atoms with van der Waals surface area (Å²) in [5.41, 5.74) is 5.13. The number of nitrogens with one attached hydrogen (secondary N) is 1. The van der Waals surface area contributed by atoms with Crippen LogP contribution in [-0.4, -0.2) is 37.4 Å². The number of rotatable bonds is 8. The van der Waals surface area contributed by atoms with Crippen molar-refractivity contribution in [3.05, 3.63) is 0 Å². The minimum absolute atomic E-state index is 0.0316. The van der Waals surface area contributed by atoms with Crippen molar-refractivity contribution in [3.8, 4) is 0 Å². The number of alkyl carbamates (subject to hydrolysis) is 1. The van der Waals surface area contributed by atoms with E-state index in [1.807, 2.05) is 13.8 Å². The van der Waals surface area contributed by atoms with Gasteiger partial charge in [0.15, 0.2) is 0 Å². The van der Waals surface area contributed by atoms with Crippen molar-refractivity contribution in [1.82, 2.24) is 5.32 Å². The summed E-state index contributed by atoms with van der Waals surface area (Å²) in [6.45, 7) is 10.6. The minimum atomic E-state index is -0.525. The highest BCUT2D eigenvalue weighted by molar-refractivity contribution is 5.69. The molecule has 6 heteroatoms. The van der Waals surface area contributed by atoms with Crippen molar-refractivity contribution >= 4 is 12.1 Å². The van der Waals surface area contributed by atoms with Crippen LogP contribution in [0.25, 0.3) is 0 Å². The zero-order chi connectivity index (χ0) is 16.5. The minimum Gasteiger partial charge on any atom is -0.465 e. The average molecular weight is 302 g/mol. The fraction of sp³-hybridized carbons (Fsp3) is 0.867. The van der Waals surface area contributed by atoms with Gasteiger partial charge in [0.05, 0.1) is 6.61 Å². The Bertz CT molecular complexity index is 324. The number of carbonyl (C=O) groups is 2. The van der Waals surface area contributed by atoms with Crippen molar-refractivity contribution in [2.45, 2.75) is 53.1 Å². The van der Waals surface area contributed by atoms with Gasteiger partial charge in [-0.2, -0.15) is 0 Å². The smallest absolute Gasteiger partial charge is 0.407 e. The molecule has 3 N–H and O–H groups in total. The van der Waals surface area contributed by atoms with Gasteiger partial charge in [-0.25, -0.2) is 4.79 Å². The van der Waals surface area contributed by atoms with Crippen molar-refractivity contribution in [3.63, 3.8) is 0 Å². The summed E-state index contributed by atoms with van der Waals surface area (Å²) in [7, 11) is 0. The van der Waals surface area contributed by atoms with E-state index in [2.05, 4.69) is 5.32 Å². The largest absolute Gasteiger partial charge is 0.465 e. The Hall–Kier alpha value is -1.30. The fourth-order valence-corrected chi connectivity index (χ4v) is 1.50.